The summed E-state index contributed by atoms with van der Waals surface area (Å²) in [7, 11) is 0. The minimum atomic E-state index is 0.731. The Balaban J connectivity index is 1.95. The zero-order chi connectivity index (χ0) is 12.5. The second-order valence-corrected chi connectivity index (χ2v) is 6.61. The fourth-order valence-corrected chi connectivity index (χ4v) is 3.13. The molecule has 0 bridgehead atoms. The van der Waals surface area contributed by atoms with Crippen LogP contribution in [-0.2, 0) is 4.74 Å². The molecule has 0 radical (unpaired) electrons. The van der Waals surface area contributed by atoms with Crippen LogP contribution in [0.25, 0.3) is 0 Å². The smallest absolute Gasteiger partial charge is 0.0591 e. The molecule has 1 saturated carbocycles. The Bertz CT molecular complexity index is 187. The van der Waals surface area contributed by atoms with E-state index < -0.39 is 0 Å². The molecule has 0 aliphatic heterocycles. The molecule has 0 aromatic heterocycles. The van der Waals surface area contributed by atoms with E-state index in [0.29, 0.717) is 0 Å². The second-order valence-electron chi connectivity index (χ2n) is 5.47. The van der Waals surface area contributed by atoms with Gasteiger partial charge in [0, 0.05) is 24.4 Å². The van der Waals surface area contributed by atoms with Gasteiger partial charge < -0.3 is 10.1 Å². The van der Waals surface area contributed by atoms with Crippen molar-refractivity contribution in [2.75, 3.05) is 26.0 Å². The molecule has 1 rings (SSSR count). The van der Waals surface area contributed by atoms with E-state index in [1.807, 2.05) is 11.8 Å². The van der Waals surface area contributed by atoms with Gasteiger partial charge in [-0.25, -0.2) is 0 Å². The number of rotatable bonds is 8. The third-order valence-electron chi connectivity index (χ3n) is 3.48. The van der Waals surface area contributed by atoms with Crippen molar-refractivity contribution in [1.82, 2.24) is 5.32 Å². The minimum Gasteiger partial charge on any atom is -0.380 e. The molecule has 0 heterocycles. The molecule has 102 valence electrons. The van der Waals surface area contributed by atoms with Gasteiger partial charge in [0.15, 0.2) is 0 Å². The Morgan fingerprint density at radius 3 is 2.82 bits per heavy atom. The first kappa shape index (κ1) is 15.3. The number of thioether (sulfide) groups is 1. The van der Waals surface area contributed by atoms with E-state index in [-0.39, 0.29) is 0 Å². The molecule has 0 aromatic rings. The Morgan fingerprint density at radius 2 is 2.12 bits per heavy atom. The van der Waals surface area contributed by atoms with Crippen LogP contribution < -0.4 is 5.32 Å². The zero-order valence-electron chi connectivity index (χ0n) is 11.7. The van der Waals surface area contributed by atoms with Crippen LogP contribution in [0.3, 0.4) is 0 Å². The number of hydrogen-bond acceptors (Lipinski definition) is 3. The van der Waals surface area contributed by atoms with Gasteiger partial charge in [-0.05, 0) is 37.9 Å². The van der Waals surface area contributed by atoms with Crippen molar-refractivity contribution >= 4 is 11.8 Å². The molecule has 0 saturated heterocycles. The van der Waals surface area contributed by atoms with Gasteiger partial charge in [0.25, 0.3) is 0 Å². The van der Waals surface area contributed by atoms with Gasteiger partial charge in [0.2, 0.25) is 0 Å². The lowest BCUT2D eigenvalue weighted by atomic mass is 9.95. The molecule has 1 aliphatic rings. The van der Waals surface area contributed by atoms with E-state index in [0.717, 1.165) is 37.0 Å². The molecule has 1 N–H and O–H groups in total. The molecular weight excluding hydrogens is 230 g/mol. The van der Waals surface area contributed by atoms with E-state index in [1.54, 1.807) is 0 Å². The number of hydrogen-bond donors (Lipinski definition) is 1. The quantitative estimate of drug-likeness (QED) is 0.676. The largest absolute Gasteiger partial charge is 0.380 e. The maximum Gasteiger partial charge on any atom is 0.0591 e. The highest BCUT2D eigenvalue weighted by molar-refractivity contribution is 7.99. The lowest BCUT2D eigenvalue weighted by Gasteiger charge is -2.28. The van der Waals surface area contributed by atoms with Crippen LogP contribution in [0.1, 0.15) is 46.0 Å². The Hall–Kier alpha value is 0.270. The Morgan fingerprint density at radius 1 is 1.29 bits per heavy atom. The molecule has 1 aliphatic carbocycles. The van der Waals surface area contributed by atoms with Crippen LogP contribution in [0.15, 0.2) is 0 Å². The molecule has 0 spiro atoms. The van der Waals surface area contributed by atoms with Crippen LogP contribution in [0.2, 0.25) is 0 Å². The maximum absolute atomic E-state index is 5.62. The number of nitrogens with one attached hydrogen (secondary N) is 1. The summed E-state index contributed by atoms with van der Waals surface area (Å²) in [6, 6.07) is 0.731. The third-order valence-corrected chi connectivity index (χ3v) is 4.57. The van der Waals surface area contributed by atoms with E-state index in [1.165, 1.54) is 32.1 Å². The highest BCUT2D eigenvalue weighted by atomic mass is 32.2. The highest BCUT2D eigenvalue weighted by Crippen LogP contribution is 2.26. The topological polar surface area (TPSA) is 21.3 Å². The SMILES string of the molecule is CSC1CCCC(NCCOCCC(C)C)C1. The third kappa shape index (κ3) is 7.32. The minimum absolute atomic E-state index is 0.731. The zero-order valence-corrected chi connectivity index (χ0v) is 12.5. The molecule has 3 heteroatoms. The van der Waals surface area contributed by atoms with E-state index in [4.69, 9.17) is 4.74 Å². The van der Waals surface area contributed by atoms with E-state index >= 15 is 0 Å². The average Bonchev–Trinajstić information content (AvgIpc) is 2.33. The standard InChI is InChI=1S/C14H29NOS/c1-12(2)7-9-16-10-8-15-13-5-4-6-14(11-13)17-3/h12-15H,4-11H2,1-3H3. The molecule has 0 aromatic carbocycles. The summed E-state index contributed by atoms with van der Waals surface area (Å²) in [6.45, 7) is 7.28. The van der Waals surface area contributed by atoms with E-state index in [2.05, 4.69) is 25.4 Å². The van der Waals surface area contributed by atoms with Crippen molar-refractivity contribution in [3.8, 4) is 0 Å². The Kier molecular flexibility index (Phi) is 8.33. The fraction of sp³-hybridized carbons (Fsp3) is 1.00. The lowest BCUT2D eigenvalue weighted by molar-refractivity contribution is 0.122. The first-order valence-corrected chi connectivity index (χ1v) is 8.35. The van der Waals surface area contributed by atoms with Gasteiger partial charge in [0.05, 0.1) is 6.61 Å². The van der Waals surface area contributed by atoms with Crippen LogP contribution in [0.4, 0.5) is 0 Å². The van der Waals surface area contributed by atoms with Crippen molar-refractivity contribution in [2.45, 2.75) is 57.2 Å². The highest BCUT2D eigenvalue weighted by Gasteiger charge is 2.20. The second kappa shape index (κ2) is 9.23. The van der Waals surface area contributed by atoms with Crippen molar-refractivity contribution in [3.63, 3.8) is 0 Å². The van der Waals surface area contributed by atoms with Crippen molar-refractivity contribution in [3.05, 3.63) is 0 Å². The van der Waals surface area contributed by atoms with Gasteiger partial charge in [-0.15, -0.1) is 0 Å². The molecule has 17 heavy (non-hydrogen) atoms. The molecule has 0 amide bonds. The lowest BCUT2D eigenvalue weighted by Crippen LogP contribution is -2.37. The van der Waals surface area contributed by atoms with Gasteiger partial charge >= 0.3 is 0 Å². The summed E-state index contributed by atoms with van der Waals surface area (Å²) in [5, 5.41) is 4.51. The first-order chi connectivity index (χ1) is 8.22. The molecule has 1 fully saturated rings. The van der Waals surface area contributed by atoms with Gasteiger partial charge in [-0.2, -0.15) is 11.8 Å². The predicted molar refractivity (Wildman–Crippen MR) is 77.8 cm³/mol. The average molecular weight is 259 g/mol. The summed E-state index contributed by atoms with van der Waals surface area (Å²) in [5.74, 6) is 0.753. The summed E-state index contributed by atoms with van der Waals surface area (Å²) in [4.78, 5) is 0. The first-order valence-electron chi connectivity index (χ1n) is 7.06. The molecule has 2 unspecified atom stereocenters. The predicted octanol–water partition coefficient (Wildman–Crippen LogP) is 3.31. The molecule has 2 nitrogen and oxygen atoms in total. The van der Waals surface area contributed by atoms with Gasteiger partial charge in [0.1, 0.15) is 0 Å². The van der Waals surface area contributed by atoms with Crippen molar-refractivity contribution in [1.29, 1.82) is 0 Å². The molecular formula is C14H29NOS. The summed E-state index contributed by atoms with van der Waals surface area (Å²) in [5.41, 5.74) is 0. The normalized spacial score (nSPS) is 25.4. The fourth-order valence-electron chi connectivity index (χ4n) is 2.30. The van der Waals surface area contributed by atoms with Crippen molar-refractivity contribution < 1.29 is 4.74 Å². The monoisotopic (exact) mass is 259 g/mol. The van der Waals surface area contributed by atoms with E-state index in [9.17, 15) is 0 Å². The van der Waals surface area contributed by atoms with Crippen LogP contribution in [-0.4, -0.2) is 37.3 Å². The van der Waals surface area contributed by atoms with Crippen LogP contribution in [0.5, 0.6) is 0 Å². The van der Waals surface area contributed by atoms with Crippen LogP contribution in [0, 0.1) is 5.92 Å². The number of ether oxygens (including phenoxy) is 1. The molecule has 2 atom stereocenters. The van der Waals surface area contributed by atoms with Gasteiger partial charge in [-0.3, -0.25) is 0 Å². The summed E-state index contributed by atoms with van der Waals surface area (Å²) >= 11 is 2.03. The maximum atomic E-state index is 5.62. The Labute approximate surface area is 111 Å². The van der Waals surface area contributed by atoms with Gasteiger partial charge in [-0.1, -0.05) is 20.3 Å². The summed E-state index contributed by atoms with van der Waals surface area (Å²) < 4.78 is 5.62. The van der Waals surface area contributed by atoms with Crippen LogP contribution >= 0.6 is 11.8 Å². The summed E-state index contributed by atoms with van der Waals surface area (Å²) in [6.07, 6.45) is 8.90. The van der Waals surface area contributed by atoms with Crippen molar-refractivity contribution in [2.24, 2.45) is 5.92 Å².